The molecule has 0 aliphatic rings. The van der Waals surface area contributed by atoms with E-state index in [-0.39, 0.29) is 16.7 Å². The van der Waals surface area contributed by atoms with Crippen LogP contribution in [0.15, 0.2) is 57.8 Å². The number of esters is 1. The summed E-state index contributed by atoms with van der Waals surface area (Å²) < 4.78 is 37.7. The summed E-state index contributed by atoms with van der Waals surface area (Å²) in [6.07, 6.45) is 2.87. The normalized spacial score (nSPS) is 11.0. The number of benzene rings is 3. The number of methoxy groups -OCH3 is 5. The molecule has 0 bridgehead atoms. The first kappa shape index (κ1) is 24.5. The highest BCUT2D eigenvalue weighted by atomic mass is 16.5. The van der Waals surface area contributed by atoms with Gasteiger partial charge in [-0.05, 0) is 42.0 Å². The van der Waals surface area contributed by atoms with Crippen molar-refractivity contribution in [2.75, 3.05) is 35.5 Å². The van der Waals surface area contributed by atoms with Crippen LogP contribution in [0.5, 0.6) is 34.5 Å². The van der Waals surface area contributed by atoms with Crippen molar-refractivity contribution in [2.45, 2.75) is 0 Å². The number of hydrogen-bond donors (Lipinski definition) is 0. The molecule has 1 heterocycles. The highest BCUT2D eigenvalue weighted by Gasteiger charge is 2.21. The smallest absolute Gasteiger partial charge is 0.344 e. The second kappa shape index (κ2) is 10.3. The Kier molecular flexibility index (Phi) is 7.00. The van der Waals surface area contributed by atoms with Crippen LogP contribution in [-0.2, 0) is 4.79 Å². The molecule has 36 heavy (non-hydrogen) atoms. The van der Waals surface area contributed by atoms with Gasteiger partial charge in [0.05, 0.1) is 40.9 Å². The summed E-state index contributed by atoms with van der Waals surface area (Å²) in [5.41, 5.74) is 0.331. The van der Waals surface area contributed by atoms with Gasteiger partial charge in [0.1, 0.15) is 11.3 Å². The molecule has 186 valence electrons. The minimum atomic E-state index is -0.615. The topological polar surface area (TPSA) is 103 Å². The van der Waals surface area contributed by atoms with E-state index >= 15 is 0 Å². The Morgan fingerprint density at radius 2 is 1.47 bits per heavy atom. The van der Waals surface area contributed by atoms with Crippen LogP contribution in [0.2, 0.25) is 0 Å². The van der Waals surface area contributed by atoms with Gasteiger partial charge in [-0.2, -0.15) is 0 Å². The zero-order chi connectivity index (χ0) is 25.8. The molecule has 0 aliphatic heterocycles. The van der Waals surface area contributed by atoms with Gasteiger partial charge in [0.2, 0.25) is 5.75 Å². The molecule has 4 aromatic rings. The van der Waals surface area contributed by atoms with E-state index in [2.05, 4.69) is 0 Å². The standard InChI is InChI=1S/C27H24O9/c1-30-19-10-6-15(12-21(19)31-2)7-11-23(28)35-16-8-9-17-20(13-16)36-27(29)18-14-22(32-3)25(33-4)26(34-5)24(17)18/h6-14H,1-5H3/b11-7+. The average Bonchev–Trinajstić information content (AvgIpc) is 2.90. The van der Waals surface area contributed by atoms with Crippen molar-refractivity contribution in [3.8, 4) is 34.5 Å². The number of fused-ring (bicyclic) bond motifs is 3. The molecule has 4 rings (SSSR count). The predicted octanol–water partition coefficient (Wildman–Crippen LogP) is 4.61. The Balaban J connectivity index is 1.68. The van der Waals surface area contributed by atoms with Crippen LogP contribution in [0.4, 0.5) is 0 Å². The van der Waals surface area contributed by atoms with E-state index < -0.39 is 11.6 Å². The molecule has 9 heteroatoms. The van der Waals surface area contributed by atoms with Crippen LogP contribution in [-0.4, -0.2) is 41.5 Å². The molecular weight excluding hydrogens is 468 g/mol. The molecule has 0 radical (unpaired) electrons. The van der Waals surface area contributed by atoms with Gasteiger partial charge in [-0.1, -0.05) is 6.07 Å². The van der Waals surface area contributed by atoms with Crippen molar-refractivity contribution in [3.05, 3.63) is 64.5 Å². The first-order chi connectivity index (χ1) is 17.4. The fourth-order valence-electron chi connectivity index (χ4n) is 3.87. The first-order valence-corrected chi connectivity index (χ1v) is 10.8. The third-order valence-electron chi connectivity index (χ3n) is 5.51. The summed E-state index contributed by atoms with van der Waals surface area (Å²) in [5, 5.41) is 1.33. The molecule has 0 unspecified atom stereocenters. The van der Waals surface area contributed by atoms with Crippen molar-refractivity contribution in [1.82, 2.24) is 0 Å². The monoisotopic (exact) mass is 492 g/mol. The van der Waals surface area contributed by atoms with Gasteiger partial charge in [0, 0.05) is 22.9 Å². The van der Waals surface area contributed by atoms with Crippen molar-refractivity contribution in [2.24, 2.45) is 0 Å². The van der Waals surface area contributed by atoms with Crippen molar-refractivity contribution >= 4 is 33.8 Å². The Bertz CT molecular complexity index is 1530. The van der Waals surface area contributed by atoms with E-state index in [1.165, 1.54) is 46.6 Å². The van der Waals surface area contributed by atoms with E-state index in [1.807, 2.05) is 0 Å². The molecule has 0 saturated carbocycles. The fraction of sp³-hybridized carbons (Fsp3) is 0.185. The van der Waals surface area contributed by atoms with E-state index in [4.69, 9.17) is 32.8 Å². The van der Waals surface area contributed by atoms with Gasteiger partial charge >= 0.3 is 11.6 Å². The number of carbonyl (C=O) groups excluding carboxylic acids is 1. The molecule has 0 aliphatic carbocycles. The fourth-order valence-corrected chi connectivity index (χ4v) is 3.87. The number of hydrogen-bond acceptors (Lipinski definition) is 9. The molecule has 0 N–H and O–H groups in total. The van der Waals surface area contributed by atoms with E-state index in [0.717, 1.165) is 5.56 Å². The third kappa shape index (κ3) is 4.50. The average molecular weight is 492 g/mol. The van der Waals surface area contributed by atoms with Crippen molar-refractivity contribution < 1.29 is 37.6 Å². The maximum Gasteiger partial charge on any atom is 0.344 e. The Hall–Kier alpha value is -4.66. The largest absolute Gasteiger partial charge is 0.493 e. The Labute approximate surface area is 206 Å². The molecular formula is C27H24O9. The predicted molar refractivity (Wildman–Crippen MR) is 134 cm³/mol. The van der Waals surface area contributed by atoms with Gasteiger partial charge < -0.3 is 32.8 Å². The molecule has 0 saturated heterocycles. The highest BCUT2D eigenvalue weighted by molar-refractivity contribution is 6.10. The minimum Gasteiger partial charge on any atom is -0.493 e. The molecule has 1 aromatic heterocycles. The van der Waals surface area contributed by atoms with E-state index in [1.54, 1.807) is 43.5 Å². The second-order valence-electron chi connectivity index (χ2n) is 7.48. The first-order valence-electron chi connectivity index (χ1n) is 10.8. The van der Waals surface area contributed by atoms with Gasteiger partial charge in [-0.15, -0.1) is 0 Å². The summed E-state index contributed by atoms with van der Waals surface area (Å²) in [6, 6.07) is 11.5. The lowest BCUT2D eigenvalue weighted by atomic mass is 10.0. The van der Waals surface area contributed by atoms with Crippen LogP contribution in [0.1, 0.15) is 5.56 Å². The third-order valence-corrected chi connectivity index (χ3v) is 5.51. The maximum absolute atomic E-state index is 12.8. The lowest BCUT2D eigenvalue weighted by Gasteiger charge is -2.15. The minimum absolute atomic E-state index is 0.200. The zero-order valence-electron chi connectivity index (χ0n) is 20.4. The summed E-state index contributed by atoms with van der Waals surface area (Å²) in [4.78, 5) is 25.2. The van der Waals surface area contributed by atoms with E-state index in [9.17, 15) is 9.59 Å². The summed E-state index contributed by atoms with van der Waals surface area (Å²) in [7, 11) is 7.49. The molecule has 9 nitrogen and oxygen atoms in total. The van der Waals surface area contributed by atoms with Crippen LogP contribution in [0.25, 0.3) is 27.8 Å². The van der Waals surface area contributed by atoms with Crippen LogP contribution in [0, 0.1) is 0 Å². The van der Waals surface area contributed by atoms with Gasteiger partial charge in [-0.25, -0.2) is 9.59 Å². The zero-order valence-corrected chi connectivity index (χ0v) is 20.4. The Morgan fingerprint density at radius 3 is 2.14 bits per heavy atom. The van der Waals surface area contributed by atoms with Crippen molar-refractivity contribution in [1.29, 1.82) is 0 Å². The van der Waals surface area contributed by atoms with Crippen LogP contribution < -0.4 is 34.0 Å². The molecule has 0 atom stereocenters. The lowest BCUT2D eigenvalue weighted by Crippen LogP contribution is -2.05. The second-order valence-corrected chi connectivity index (χ2v) is 7.48. The summed E-state index contributed by atoms with van der Waals surface area (Å²) in [5.74, 6) is 1.70. The quantitative estimate of drug-likeness (QED) is 0.115. The van der Waals surface area contributed by atoms with Gasteiger partial charge in [0.25, 0.3) is 0 Å². The van der Waals surface area contributed by atoms with Crippen LogP contribution >= 0.6 is 0 Å². The summed E-state index contributed by atoms with van der Waals surface area (Å²) >= 11 is 0. The number of carbonyl (C=O) groups is 1. The number of ether oxygens (including phenoxy) is 6. The molecule has 0 spiro atoms. The SMILES string of the molecule is COc1ccc(/C=C/C(=O)Oc2ccc3c(c2)oc(=O)c2cc(OC)c(OC)c(OC)c23)cc1OC. The summed E-state index contributed by atoms with van der Waals surface area (Å²) in [6.45, 7) is 0. The van der Waals surface area contributed by atoms with E-state index in [0.29, 0.717) is 39.5 Å². The van der Waals surface area contributed by atoms with Crippen molar-refractivity contribution in [3.63, 3.8) is 0 Å². The van der Waals surface area contributed by atoms with Gasteiger partial charge in [0.15, 0.2) is 23.0 Å². The van der Waals surface area contributed by atoms with Gasteiger partial charge in [-0.3, -0.25) is 0 Å². The number of rotatable bonds is 8. The molecule has 0 fully saturated rings. The Morgan fingerprint density at radius 1 is 0.750 bits per heavy atom. The molecule has 0 amide bonds. The molecule has 3 aromatic carbocycles. The van der Waals surface area contributed by atoms with Crippen LogP contribution in [0.3, 0.4) is 0 Å². The highest BCUT2D eigenvalue weighted by Crippen LogP contribution is 2.45. The maximum atomic E-state index is 12.8. The lowest BCUT2D eigenvalue weighted by molar-refractivity contribution is -0.128.